The Morgan fingerprint density at radius 3 is 2.93 bits per heavy atom. The van der Waals surface area contributed by atoms with Crippen LogP contribution in [-0.4, -0.2) is 23.8 Å². The lowest BCUT2D eigenvalue weighted by molar-refractivity contribution is 0.0618. The van der Waals surface area contributed by atoms with Gasteiger partial charge in [0.05, 0.1) is 10.1 Å². The molecule has 1 saturated heterocycles. The molecule has 2 N–H and O–H groups in total. The summed E-state index contributed by atoms with van der Waals surface area (Å²) in [7, 11) is 0. The number of hydrogen-bond acceptors (Lipinski definition) is 2. The summed E-state index contributed by atoms with van der Waals surface area (Å²) in [6.45, 7) is 1.42. The molecule has 82 valence electrons. The van der Waals surface area contributed by atoms with E-state index < -0.39 is 5.60 Å². The molecular weight excluding hydrogens is 261 g/mol. The molecule has 0 saturated carbocycles. The highest BCUT2D eigenvalue weighted by atomic mass is 79.9. The third-order valence-electron chi connectivity index (χ3n) is 2.74. The second-order valence-corrected chi connectivity index (χ2v) is 4.93. The van der Waals surface area contributed by atoms with Crippen molar-refractivity contribution in [3.63, 3.8) is 0 Å². The lowest BCUT2D eigenvalue weighted by Crippen LogP contribution is -2.33. The quantitative estimate of drug-likeness (QED) is 0.862. The second kappa shape index (κ2) is 4.20. The third-order valence-corrected chi connectivity index (χ3v) is 3.38. The third kappa shape index (κ3) is 2.56. The molecule has 0 amide bonds. The van der Waals surface area contributed by atoms with E-state index in [1.54, 1.807) is 6.07 Å². The molecule has 0 radical (unpaired) electrons. The van der Waals surface area contributed by atoms with Gasteiger partial charge < -0.3 is 10.4 Å². The molecule has 0 aliphatic carbocycles. The molecule has 2 rings (SSSR count). The van der Waals surface area contributed by atoms with Crippen molar-refractivity contribution >= 4 is 15.9 Å². The fraction of sp³-hybridized carbons (Fsp3) is 0.455. The summed E-state index contributed by atoms with van der Waals surface area (Å²) in [5.41, 5.74) is 0.127. The molecule has 1 unspecified atom stereocenters. The Morgan fingerprint density at radius 2 is 2.33 bits per heavy atom. The first-order valence-corrected chi connectivity index (χ1v) is 5.75. The smallest absolute Gasteiger partial charge is 0.137 e. The first kappa shape index (κ1) is 11.0. The minimum Gasteiger partial charge on any atom is -0.388 e. The zero-order valence-electron chi connectivity index (χ0n) is 8.26. The summed E-state index contributed by atoms with van der Waals surface area (Å²) >= 11 is 3.11. The van der Waals surface area contributed by atoms with E-state index in [0.29, 0.717) is 17.4 Å². The monoisotopic (exact) mass is 273 g/mol. The molecule has 1 aromatic rings. The second-order valence-electron chi connectivity index (χ2n) is 4.08. The van der Waals surface area contributed by atoms with Gasteiger partial charge in [-0.3, -0.25) is 0 Å². The van der Waals surface area contributed by atoms with Gasteiger partial charge in [-0.25, -0.2) is 4.39 Å². The van der Waals surface area contributed by atoms with Crippen LogP contribution in [-0.2, 0) is 6.42 Å². The van der Waals surface area contributed by atoms with Crippen molar-refractivity contribution in [1.82, 2.24) is 5.32 Å². The minimum absolute atomic E-state index is 0.276. The Labute approximate surface area is 96.6 Å². The topological polar surface area (TPSA) is 32.3 Å². The fourth-order valence-electron chi connectivity index (χ4n) is 1.91. The molecule has 1 aliphatic rings. The van der Waals surface area contributed by atoms with E-state index >= 15 is 0 Å². The van der Waals surface area contributed by atoms with Gasteiger partial charge in [0.25, 0.3) is 0 Å². The fourth-order valence-corrected chi connectivity index (χ4v) is 2.16. The predicted octanol–water partition coefficient (Wildman–Crippen LogP) is 1.86. The maximum absolute atomic E-state index is 13.2. The highest BCUT2D eigenvalue weighted by Gasteiger charge is 2.31. The Hall–Kier alpha value is -0.450. The van der Waals surface area contributed by atoms with Crippen LogP contribution < -0.4 is 5.32 Å². The number of β-amino-alcohol motifs (C(OH)–C–C–N with tert-alkyl or cyclic N) is 1. The highest BCUT2D eigenvalue weighted by molar-refractivity contribution is 9.10. The van der Waals surface area contributed by atoms with Crippen molar-refractivity contribution < 1.29 is 9.50 Å². The molecule has 2 nitrogen and oxygen atoms in total. The Kier molecular flexibility index (Phi) is 3.09. The number of halogens is 2. The first-order valence-electron chi connectivity index (χ1n) is 4.96. The van der Waals surface area contributed by atoms with Gasteiger partial charge in [-0.1, -0.05) is 6.07 Å². The van der Waals surface area contributed by atoms with E-state index in [1.165, 1.54) is 6.07 Å². The van der Waals surface area contributed by atoms with E-state index in [4.69, 9.17) is 0 Å². The van der Waals surface area contributed by atoms with Crippen molar-refractivity contribution in [2.45, 2.75) is 18.4 Å². The highest BCUT2D eigenvalue weighted by Crippen LogP contribution is 2.23. The van der Waals surface area contributed by atoms with Crippen LogP contribution in [0.4, 0.5) is 4.39 Å². The molecule has 0 aromatic heterocycles. The van der Waals surface area contributed by atoms with Crippen LogP contribution in [0.15, 0.2) is 22.7 Å². The lowest BCUT2D eigenvalue weighted by Gasteiger charge is -2.21. The van der Waals surface area contributed by atoms with E-state index in [1.807, 2.05) is 6.07 Å². The van der Waals surface area contributed by atoms with E-state index in [9.17, 15) is 9.50 Å². The van der Waals surface area contributed by atoms with Crippen molar-refractivity contribution in [1.29, 1.82) is 0 Å². The van der Waals surface area contributed by atoms with Gasteiger partial charge >= 0.3 is 0 Å². The average molecular weight is 274 g/mol. The van der Waals surface area contributed by atoms with Crippen LogP contribution in [0.1, 0.15) is 12.0 Å². The van der Waals surface area contributed by atoms with Crippen molar-refractivity contribution in [3.05, 3.63) is 34.1 Å². The molecule has 1 heterocycles. The van der Waals surface area contributed by atoms with Crippen LogP contribution in [0.3, 0.4) is 0 Å². The Morgan fingerprint density at radius 1 is 1.53 bits per heavy atom. The molecule has 15 heavy (non-hydrogen) atoms. The Bertz CT molecular complexity index is 364. The summed E-state index contributed by atoms with van der Waals surface area (Å²) in [5, 5.41) is 13.2. The van der Waals surface area contributed by atoms with E-state index in [0.717, 1.165) is 18.5 Å². The molecule has 0 spiro atoms. The molecular formula is C11H13BrFNO. The number of aliphatic hydroxyl groups is 1. The van der Waals surface area contributed by atoms with Crippen LogP contribution in [0.5, 0.6) is 0 Å². The van der Waals surface area contributed by atoms with Gasteiger partial charge in [0, 0.05) is 13.0 Å². The van der Waals surface area contributed by atoms with Gasteiger partial charge in [-0.05, 0) is 46.6 Å². The lowest BCUT2D eigenvalue weighted by atomic mass is 9.94. The molecule has 4 heteroatoms. The van der Waals surface area contributed by atoms with Gasteiger partial charge in [0.2, 0.25) is 0 Å². The van der Waals surface area contributed by atoms with Crippen LogP contribution >= 0.6 is 15.9 Å². The number of rotatable bonds is 2. The standard InChI is InChI=1S/C11H13BrFNO/c12-9-2-1-8(5-10(9)13)6-11(15)3-4-14-7-11/h1-2,5,14-15H,3-4,6-7H2. The first-order chi connectivity index (χ1) is 7.09. The number of hydrogen-bond donors (Lipinski definition) is 2. The van der Waals surface area contributed by atoms with Crippen molar-refractivity contribution in [2.75, 3.05) is 13.1 Å². The molecule has 0 bridgehead atoms. The number of benzene rings is 1. The van der Waals surface area contributed by atoms with Gasteiger partial charge in [-0.15, -0.1) is 0 Å². The summed E-state index contributed by atoms with van der Waals surface area (Å²) < 4.78 is 13.7. The largest absolute Gasteiger partial charge is 0.388 e. The zero-order chi connectivity index (χ0) is 10.9. The Balaban J connectivity index is 2.13. The molecule has 1 atom stereocenters. The average Bonchev–Trinajstić information content (AvgIpc) is 2.59. The van der Waals surface area contributed by atoms with Gasteiger partial charge in [0.15, 0.2) is 0 Å². The van der Waals surface area contributed by atoms with Crippen LogP contribution in [0, 0.1) is 5.82 Å². The van der Waals surface area contributed by atoms with Crippen LogP contribution in [0.2, 0.25) is 0 Å². The molecule has 1 aromatic carbocycles. The zero-order valence-corrected chi connectivity index (χ0v) is 9.85. The van der Waals surface area contributed by atoms with Crippen LogP contribution in [0.25, 0.3) is 0 Å². The summed E-state index contributed by atoms with van der Waals surface area (Å²) in [5.74, 6) is -0.276. The van der Waals surface area contributed by atoms with Crippen molar-refractivity contribution in [3.8, 4) is 0 Å². The normalized spacial score (nSPS) is 25.8. The predicted molar refractivity (Wildman–Crippen MR) is 60.2 cm³/mol. The summed E-state index contributed by atoms with van der Waals surface area (Å²) in [4.78, 5) is 0. The van der Waals surface area contributed by atoms with Gasteiger partial charge in [0.1, 0.15) is 5.82 Å². The summed E-state index contributed by atoms with van der Waals surface area (Å²) in [6, 6.07) is 4.99. The van der Waals surface area contributed by atoms with Gasteiger partial charge in [-0.2, -0.15) is 0 Å². The molecule has 1 fully saturated rings. The van der Waals surface area contributed by atoms with E-state index in [2.05, 4.69) is 21.2 Å². The number of nitrogens with one attached hydrogen (secondary N) is 1. The van der Waals surface area contributed by atoms with Crippen molar-refractivity contribution in [2.24, 2.45) is 0 Å². The maximum atomic E-state index is 13.2. The SMILES string of the molecule is OC1(Cc2ccc(Br)c(F)c2)CCNC1. The minimum atomic E-state index is -0.708. The van der Waals surface area contributed by atoms with E-state index in [-0.39, 0.29) is 5.82 Å². The summed E-state index contributed by atoms with van der Waals surface area (Å²) in [6.07, 6.45) is 1.23. The molecule has 1 aliphatic heterocycles. The maximum Gasteiger partial charge on any atom is 0.137 e.